The van der Waals surface area contributed by atoms with Crippen molar-refractivity contribution >= 4 is 35.5 Å². The van der Waals surface area contributed by atoms with Gasteiger partial charge in [-0.25, -0.2) is 9.10 Å². The Kier molecular flexibility index (Phi) is 12.9. The first-order chi connectivity index (χ1) is 24.6. The highest BCUT2D eigenvalue weighted by molar-refractivity contribution is 7.97. The van der Waals surface area contributed by atoms with Crippen molar-refractivity contribution in [2.24, 2.45) is 5.92 Å². The highest BCUT2D eigenvalue weighted by Gasteiger charge is 2.37. The van der Waals surface area contributed by atoms with Crippen LogP contribution in [0.3, 0.4) is 0 Å². The summed E-state index contributed by atoms with van der Waals surface area (Å²) >= 11 is 7.76. The van der Waals surface area contributed by atoms with Crippen molar-refractivity contribution < 1.29 is 19.1 Å². The van der Waals surface area contributed by atoms with E-state index in [4.69, 9.17) is 21.1 Å². The normalized spacial score (nSPS) is 19.8. The largest absolute Gasteiger partial charge is 0.493 e. The molecule has 0 aromatic heterocycles. The summed E-state index contributed by atoms with van der Waals surface area (Å²) in [5.74, 6) is 1.72. The van der Waals surface area contributed by atoms with Gasteiger partial charge in [0.1, 0.15) is 17.4 Å². The predicted molar refractivity (Wildman–Crippen MR) is 206 cm³/mol. The minimum Gasteiger partial charge on any atom is -0.493 e. The van der Waals surface area contributed by atoms with Crippen LogP contribution in [0.5, 0.6) is 5.75 Å². The molecule has 0 radical (unpaired) electrons. The van der Waals surface area contributed by atoms with Crippen molar-refractivity contribution in [1.82, 2.24) is 19.4 Å². The lowest BCUT2D eigenvalue weighted by molar-refractivity contribution is -0.138. The number of benzene rings is 3. The number of ether oxygens (including phenoxy) is 2. The van der Waals surface area contributed by atoms with E-state index in [1.165, 1.54) is 37.7 Å². The third kappa shape index (κ3) is 11.1. The van der Waals surface area contributed by atoms with E-state index in [2.05, 4.69) is 63.1 Å². The maximum absolute atomic E-state index is 14.3. The SMILES string of the molecule is CC(C)(C)OC(=O)NC1CCN(C(=O)C2CN(Cc3ccc(-c4ccc(Cl)cc4)cc3)CCN2Sc2ccc(OCC3CCCCC3)cc2)CC1. The Morgan fingerprint density at radius 2 is 1.47 bits per heavy atom. The molecule has 2 aliphatic heterocycles. The van der Waals surface area contributed by atoms with Gasteiger partial charge in [-0.1, -0.05) is 67.3 Å². The van der Waals surface area contributed by atoms with Gasteiger partial charge in [-0.2, -0.15) is 0 Å². The summed E-state index contributed by atoms with van der Waals surface area (Å²) in [7, 11) is 0. The molecule has 0 spiro atoms. The Bertz CT molecular complexity index is 1570. The molecule has 3 fully saturated rings. The third-order valence-corrected chi connectivity index (χ3v) is 11.4. The zero-order valence-corrected chi connectivity index (χ0v) is 31.9. The standard InChI is InChI=1S/C41H53ClN4O4S/c1-41(2,3)50-40(48)43-35-21-23-45(24-22-35)39(47)38-28-44(27-30-9-11-32(12-10-30)33-13-15-34(42)16-14-33)25-26-46(38)51-37-19-17-36(18-20-37)49-29-31-7-5-4-6-8-31/h9-20,31,35,38H,4-8,21-29H2,1-3H3,(H,43,48). The van der Waals surface area contributed by atoms with E-state index < -0.39 is 11.7 Å². The second-order valence-corrected chi connectivity index (χ2v) is 16.8. The molecule has 274 valence electrons. The molecular formula is C41H53ClN4O4S. The second kappa shape index (κ2) is 17.5. The third-order valence-electron chi connectivity index (χ3n) is 10.0. The van der Waals surface area contributed by atoms with E-state index in [1.54, 1.807) is 11.9 Å². The molecule has 1 N–H and O–H groups in total. The number of carbonyl (C=O) groups is 2. The molecule has 8 nitrogen and oxygen atoms in total. The van der Waals surface area contributed by atoms with Gasteiger partial charge < -0.3 is 19.7 Å². The van der Waals surface area contributed by atoms with Crippen LogP contribution in [-0.2, 0) is 16.1 Å². The second-order valence-electron chi connectivity index (χ2n) is 15.2. The number of piperazine rings is 1. The molecular weight excluding hydrogens is 680 g/mol. The van der Waals surface area contributed by atoms with Crippen LogP contribution in [0.2, 0.25) is 5.02 Å². The molecule has 2 amide bonds. The molecule has 6 rings (SSSR count). The minimum absolute atomic E-state index is 0.00748. The lowest BCUT2D eigenvalue weighted by Crippen LogP contribution is -2.58. The summed E-state index contributed by atoms with van der Waals surface area (Å²) < 4.78 is 13.9. The minimum atomic E-state index is -0.546. The number of carbonyl (C=O) groups excluding carboxylic acids is 2. The quantitative estimate of drug-likeness (QED) is 0.209. The Labute approximate surface area is 313 Å². The number of hydrogen-bond donors (Lipinski definition) is 1. The van der Waals surface area contributed by atoms with Crippen molar-refractivity contribution in [2.45, 2.75) is 94.8 Å². The van der Waals surface area contributed by atoms with E-state index in [1.807, 2.05) is 49.9 Å². The first kappa shape index (κ1) is 37.5. The van der Waals surface area contributed by atoms with E-state index in [-0.39, 0.29) is 18.0 Å². The number of likely N-dealkylation sites (tertiary alicyclic amines) is 1. The van der Waals surface area contributed by atoms with Gasteiger partial charge in [0.2, 0.25) is 5.91 Å². The van der Waals surface area contributed by atoms with Crippen LogP contribution < -0.4 is 10.1 Å². The van der Waals surface area contributed by atoms with Gasteiger partial charge in [0.15, 0.2) is 0 Å². The van der Waals surface area contributed by atoms with Crippen LogP contribution in [-0.4, -0.2) is 83.1 Å². The van der Waals surface area contributed by atoms with Crippen molar-refractivity contribution in [3.8, 4) is 16.9 Å². The zero-order valence-electron chi connectivity index (χ0n) is 30.3. The summed E-state index contributed by atoms with van der Waals surface area (Å²) in [5, 5.41) is 3.73. The van der Waals surface area contributed by atoms with E-state index >= 15 is 0 Å². The Hall–Kier alpha value is -3.24. The summed E-state index contributed by atoms with van der Waals surface area (Å²) in [6.07, 6.45) is 7.52. The zero-order chi connectivity index (χ0) is 35.8. The lowest BCUT2D eigenvalue weighted by Gasteiger charge is -2.43. The first-order valence-electron chi connectivity index (χ1n) is 18.6. The van der Waals surface area contributed by atoms with Crippen LogP contribution in [0.1, 0.15) is 71.3 Å². The molecule has 3 aliphatic rings. The van der Waals surface area contributed by atoms with E-state index in [0.717, 1.165) is 53.0 Å². The summed E-state index contributed by atoms with van der Waals surface area (Å²) in [5.41, 5.74) is 2.96. The van der Waals surface area contributed by atoms with Crippen LogP contribution in [0.4, 0.5) is 4.79 Å². The summed E-state index contributed by atoms with van der Waals surface area (Å²) in [6.45, 7) is 10.6. The average Bonchev–Trinajstić information content (AvgIpc) is 3.12. The number of nitrogens with zero attached hydrogens (tertiary/aromatic N) is 3. The molecule has 10 heteroatoms. The van der Waals surface area contributed by atoms with Gasteiger partial charge in [-0.15, -0.1) is 0 Å². The molecule has 1 aliphatic carbocycles. The molecule has 51 heavy (non-hydrogen) atoms. The Morgan fingerprint density at radius 3 is 2.12 bits per heavy atom. The Morgan fingerprint density at radius 1 is 0.824 bits per heavy atom. The van der Waals surface area contributed by atoms with Crippen LogP contribution in [0.25, 0.3) is 11.1 Å². The molecule has 3 aromatic rings. The van der Waals surface area contributed by atoms with Crippen molar-refractivity contribution in [3.05, 3.63) is 83.4 Å². The van der Waals surface area contributed by atoms with Crippen LogP contribution in [0, 0.1) is 5.92 Å². The van der Waals surface area contributed by atoms with Gasteiger partial charge in [-0.3, -0.25) is 9.69 Å². The maximum Gasteiger partial charge on any atom is 0.407 e. The summed E-state index contributed by atoms with van der Waals surface area (Å²) in [6, 6.07) is 24.7. The number of hydrogen-bond acceptors (Lipinski definition) is 7. The molecule has 1 unspecified atom stereocenters. The number of rotatable bonds is 10. The smallest absolute Gasteiger partial charge is 0.407 e. The monoisotopic (exact) mass is 732 g/mol. The molecule has 2 saturated heterocycles. The van der Waals surface area contributed by atoms with Crippen molar-refractivity contribution in [3.63, 3.8) is 0 Å². The van der Waals surface area contributed by atoms with Gasteiger partial charge in [0.25, 0.3) is 0 Å². The molecule has 0 bridgehead atoms. The maximum atomic E-state index is 14.3. The number of nitrogens with one attached hydrogen (secondary N) is 1. The first-order valence-corrected chi connectivity index (χ1v) is 19.8. The highest BCUT2D eigenvalue weighted by atomic mass is 35.5. The number of piperidine rings is 1. The molecule has 1 atom stereocenters. The van der Waals surface area contributed by atoms with Crippen LogP contribution >= 0.6 is 23.5 Å². The lowest BCUT2D eigenvalue weighted by atomic mass is 9.90. The fraction of sp³-hybridized carbons (Fsp3) is 0.512. The van der Waals surface area contributed by atoms with E-state index in [0.29, 0.717) is 38.4 Å². The highest BCUT2D eigenvalue weighted by Crippen LogP contribution is 2.32. The fourth-order valence-corrected chi connectivity index (χ4v) is 8.32. The average molecular weight is 733 g/mol. The fourth-order valence-electron chi connectivity index (χ4n) is 7.21. The van der Waals surface area contributed by atoms with Gasteiger partial charge in [0.05, 0.1) is 6.61 Å². The van der Waals surface area contributed by atoms with Crippen molar-refractivity contribution in [1.29, 1.82) is 0 Å². The topological polar surface area (TPSA) is 74.4 Å². The molecule has 3 aromatic carbocycles. The predicted octanol–water partition coefficient (Wildman–Crippen LogP) is 8.68. The summed E-state index contributed by atoms with van der Waals surface area (Å²) in [4.78, 5) is 32.2. The number of halogens is 1. The van der Waals surface area contributed by atoms with Gasteiger partial charge >= 0.3 is 6.09 Å². The number of amides is 2. The molecule has 1 saturated carbocycles. The molecule has 2 heterocycles. The Balaban J connectivity index is 1.09. The van der Waals surface area contributed by atoms with Crippen LogP contribution in [0.15, 0.2) is 77.7 Å². The van der Waals surface area contributed by atoms with E-state index in [9.17, 15) is 9.59 Å². The van der Waals surface area contributed by atoms with Gasteiger partial charge in [0, 0.05) is 55.2 Å². The van der Waals surface area contributed by atoms with Gasteiger partial charge in [-0.05, 0) is 117 Å². The number of alkyl carbamates (subject to hydrolysis) is 1. The van der Waals surface area contributed by atoms with Crippen molar-refractivity contribution in [2.75, 3.05) is 39.3 Å².